The molecule has 0 radical (unpaired) electrons. The number of carbonyl (C=O) groups excluding carboxylic acids is 2. The molecule has 8 heteroatoms. The van der Waals surface area contributed by atoms with E-state index in [0.717, 1.165) is 43.0 Å². The van der Waals surface area contributed by atoms with Crippen molar-refractivity contribution < 1.29 is 19.4 Å². The fraction of sp³-hybridized carbons (Fsp3) is 0.619. The number of carbonyl (C=O) groups is 2. The van der Waals surface area contributed by atoms with Crippen LogP contribution in [-0.2, 0) is 28.8 Å². The number of aromatic nitrogens is 4. The summed E-state index contributed by atoms with van der Waals surface area (Å²) in [5.41, 5.74) is 0.527. The van der Waals surface area contributed by atoms with Gasteiger partial charge in [0.2, 0.25) is 0 Å². The van der Waals surface area contributed by atoms with Crippen LogP contribution in [0.1, 0.15) is 105 Å². The molecule has 8 nitrogen and oxygen atoms in total. The normalized spacial score (nSPS) is 14.8. The van der Waals surface area contributed by atoms with E-state index in [9.17, 15) is 14.7 Å². The molecular formula is C21H32N4O4. The molecule has 0 atom stereocenters. The summed E-state index contributed by atoms with van der Waals surface area (Å²) >= 11 is 0. The molecule has 0 fully saturated rings. The summed E-state index contributed by atoms with van der Waals surface area (Å²) in [5, 5.41) is 9.88. The lowest BCUT2D eigenvalue weighted by molar-refractivity contribution is 0.00763. The van der Waals surface area contributed by atoms with Crippen molar-refractivity contribution in [2.45, 2.75) is 85.4 Å². The van der Waals surface area contributed by atoms with Gasteiger partial charge in [0, 0.05) is 19.8 Å². The van der Waals surface area contributed by atoms with Gasteiger partial charge in [-0.25, -0.2) is 14.8 Å². The zero-order valence-corrected chi connectivity index (χ0v) is 18.4. The van der Waals surface area contributed by atoms with Crippen LogP contribution >= 0.6 is 0 Å². The molecule has 0 bridgehead atoms. The van der Waals surface area contributed by atoms with E-state index in [-0.39, 0.29) is 11.8 Å². The smallest absolute Gasteiger partial charge is 0.359 e. The molecule has 0 saturated carbocycles. The van der Waals surface area contributed by atoms with Gasteiger partial charge in [-0.15, -0.1) is 0 Å². The number of ether oxygens (including phenoxy) is 1. The lowest BCUT2D eigenvalue weighted by Crippen LogP contribution is -2.19. The van der Waals surface area contributed by atoms with Crippen molar-refractivity contribution in [2.24, 2.45) is 0 Å². The number of rotatable bonds is 6. The quantitative estimate of drug-likeness (QED) is 0.500. The molecule has 0 aliphatic carbocycles. The molecular weight excluding hydrogens is 372 g/mol. The molecule has 3 rings (SSSR count). The molecule has 0 amide bonds. The van der Waals surface area contributed by atoms with Gasteiger partial charge in [-0.05, 0) is 40.5 Å². The van der Waals surface area contributed by atoms with Crippen LogP contribution in [0.5, 0.6) is 0 Å². The highest BCUT2D eigenvalue weighted by molar-refractivity contribution is 5.93. The number of aryl methyl sites for hydroxylation is 2. The largest absolute Gasteiger partial charge is 0.448 e. The lowest BCUT2D eigenvalue weighted by Gasteiger charge is -2.16. The number of imidazole rings is 2. The van der Waals surface area contributed by atoms with E-state index < -0.39 is 11.2 Å². The Hall–Kier alpha value is -2.48. The summed E-state index contributed by atoms with van der Waals surface area (Å²) in [4.78, 5) is 37.3. The molecule has 0 saturated heterocycles. The van der Waals surface area contributed by atoms with Crippen LogP contribution in [0.3, 0.4) is 0 Å². The van der Waals surface area contributed by atoms with Gasteiger partial charge >= 0.3 is 5.97 Å². The molecule has 0 spiro atoms. The molecule has 29 heavy (non-hydrogen) atoms. The number of cyclic esters (lactones) is 1. The molecule has 0 unspecified atom stereocenters. The van der Waals surface area contributed by atoms with Crippen molar-refractivity contribution in [3.05, 3.63) is 34.4 Å². The summed E-state index contributed by atoms with van der Waals surface area (Å²) in [7, 11) is 0. The molecule has 1 aliphatic rings. The Labute approximate surface area is 171 Å². The van der Waals surface area contributed by atoms with E-state index in [4.69, 9.17) is 4.74 Å². The van der Waals surface area contributed by atoms with Crippen LogP contribution in [0.4, 0.5) is 0 Å². The lowest BCUT2D eigenvalue weighted by atomic mass is 10.0. The number of aromatic amines is 2. The second-order valence-electron chi connectivity index (χ2n) is 8.33. The highest BCUT2D eigenvalue weighted by Gasteiger charge is 2.41. The van der Waals surface area contributed by atoms with Crippen molar-refractivity contribution in [1.29, 1.82) is 0 Å². The van der Waals surface area contributed by atoms with Gasteiger partial charge in [-0.3, -0.25) is 4.79 Å². The van der Waals surface area contributed by atoms with E-state index >= 15 is 0 Å². The van der Waals surface area contributed by atoms with Gasteiger partial charge in [0.05, 0.1) is 11.4 Å². The van der Waals surface area contributed by atoms with Crippen LogP contribution in [0.15, 0.2) is 0 Å². The number of hydrogen-bond donors (Lipinski definition) is 3. The number of Topliss-reactive ketones (excluding diaryl/α,β-unsaturated/α-hetero) is 1. The third-order valence-corrected chi connectivity index (χ3v) is 4.57. The molecule has 2 aromatic heterocycles. The van der Waals surface area contributed by atoms with Crippen LogP contribution in [0, 0.1) is 0 Å². The topological polar surface area (TPSA) is 121 Å². The minimum absolute atomic E-state index is 0.120. The van der Waals surface area contributed by atoms with Gasteiger partial charge in [0.15, 0.2) is 11.5 Å². The second-order valence-corrected chi connectivity index (χ2v) is 8.33. The number of hydrogen-bond acceptors (Lipinski definition) is 6. The van der Waals surface area contributed by atoms with Crippen molar-refractivity contribution in [3.8, 4) is 0 Å². The average molecular weight is 405 g/mol. The van der Waals surface area contributed by atoms with Crippen LogP contribution in [0.25, 0.3) is 0 Å². The molecule has 0 aromatic carbocycles. The first kappa shape index (κ1) is 22.8. The summed E-state index contributed by atoms with van der Waals surface area (Å²) in [6.45, 7) is 12.6. The highest BCUT2D eigenvalue weighted by Crippen LogP contribution is 2.34. The fourth-order valence-electron chi connectivity index (χ4n) is 3.17. The summed E-state index contributed by atoms with van der Waals surface area (Å²) in [6.07, 6.45) is 3.63. The van der Waals surface area contributed by atoms with Gasteiger partial charge in [-0.1, -0.05) is 13.8 Å². The Morgan fingerprint density at radius 1 is 1.10 bits per heavy atom. The van der Waals surface area contributed by atoms with Gasteiger partial charge in [-0.2, -0.15) is 0 Å². The van der Waals surface area contributed by atoms with E-state index in [2.05, 4.69) is 26.9 Å². The van der Waals surface area contributed by atoms with Gasteiger partial charge in [0.1, 0.15) is 28.5 Å². The number of nitrogens with zero attached hydrogens (tertiary/aromatic N) is 2. The summed E-state index contributed by atoms with van der Waals surface area (Å²) in [5.74, 6) is 1.20. The third kappa shape index (κ3) is 5.12. The standard InChI is InChI=1S/C11H18N2O2.C10H14N2O2/c1-5-6-8-12-9(7(2)14)10(13-8)11(3,4)15;1-4-5-6-11-7-8(12-6)10(2,3)14-9(7)13/h15H,5-6H2,1-4H3,(H,12,13);4-5H2,1-3H3,(H,11,12). The van der Waals surface area contributed by atoms with Crippen molar-refractivity contribution in [1.82, 2.24) is 19.9 Å². The first-order chi connectivity index (χ1) is 13.4. The Morgan fingerprint density at radius 3 is 2.07 bits per heavy atom. The monoisotopic (exact) mass is 404 g/mol. The first-order valence-corrected chi connectivity index (χ1v) is 10.1. The zero-order chi connectivity index (χ0) is 22.0. The van der Waals surface area contributed by atoms with Crippen molar-refractivity contribution in [3.63, 3.8) is 0 Å². The van der Waals surface area contributed by atoms with Gasteiger partial charge in [0.25, 0.3) is 0 Å². The van der Waals surface area contributed by atoms with E-state index in [1.807, 2.05) is 20.8 Å². The van der Waals surface area contributed by atoms with E-state index in [1.165, 1.54) is 6.92 Å². The van der Waals surface area contributed by atoms with Crippen molar-refractivity contribution >= 4 is 11.8 Å². The van der Waals surface area contributed by atoms with Crippen LogP contribution in [-0.4, -0.2) is 36.8 Å². The minimum atomic E-state index is -1.06. The summed E-state index contributed by atoms with van der Waals surface area (Å²) < 4.78 is 5.16. The Kier molecular flexibility index (Phi) is 6.67. The van der Waals surface area contributed by atoms with Crippen LogP contribution in [0.2, 0.25) is 0 Å². The molecule has 1 aliphatic heterocycles. The summed E-state index contributed by atoms with van der Waals surface area (Å²) in [6, 6.07) is 0. The van der Waals surface area contributed by atoms with Crippen molar-refractivity contribution in [2.75, 3.05) is 0 Å². The maximum absolute atomic E-state index is 11.4. The predicted octanol–water partition coefficient (Wildman–Crippen LogP) is 3.56. The molecule has 2 aromatic rings. The third-order valence-electron chi connectivity index (χ3n) is 4.57. The Morgan fingerprint density at radius 2 is 1.66 bits per heavy atom. The Balaban J connectivity index is 0.000000207. The van der Waals surface area contributed by atoms with E-state index in [1.54, 1.807) is 13.8 Å². The zero-order valence-electron chi connectivity index (χ0n) is 18.4. The van der Waals surface area contributed by atoms with Gasteiger partial charge < -0.3 is 19.8 Å². The fourth-order valence-corrected chi connectivity index (χ4v) is 3.17. The molecule has 160 valence electrons. The number of H-pyrrole nitrogens is 2. The number of nitrogens with one attached hydrogen (secondary N) is 2. The minimum Gasteiger partial charge on any atom is -0.448 e. The second kappa shape index (κ2) is 8.49. The molecule has 3 N–H and O–H groups in total. The highest BCUT2D eigenvalue weighted by atomic mass is 16.6. The number of ketones is 1. The number of esters is 1. The predicted molar refractivity (Wildman–Crippen MR) is 109 cm³/mol. The maximum Gasteiger partial charge on any atom is 0.359 e. The SMILES string of the molecule is CCCc1nc(C(C)=O)c(C(C)(C)O)[nH]1.CCCc1nc2c([nH]1)C(C)(C)OC2=O. The first-order valence-electron chi connectivity index (χ1n) is 10.1. The number of fused-ring (bicyclic) bond motifs is 1. The van der Waals surface area contributed by atoms with E-state index in [0.29, 0.717) is 17.1 Å². The average Bonchev–Trinajstić information content (AvgIpc) is 3.24. The number of aliphatic hydroxyl groups is 1. The Bertz CT molecular complexity index is 887. The molecule has 3 heterocycles. The van der Waals surface area contributed by atoms with Crippen LogP contribution < -0.4 is 0 Å². The maximum atomic E-state index is 11.4.